The van der Waals surface area contributed by atoms with Crippen molar-refractivity contribution in [2.24, 2.45) is 0 Å². The van der Waals surface area contributed by atoms with Crippen molar-refractivity contribution in [2.45, 2.75) is 13.0 Å². The zero-order valence-electron chi connectivity index (χ0n) is 8.96. The van der Waals surface area contributed by atoms with Crippen LogP contribution in [0, 0.1) is 0 Å². The van der Waals surface area contributed by atoms with Gasteiger partial charge in [0.25, 0.3) is 0 Å². The zero-order chi connectivity index (χ0) is 12.3. The summed E-state index contributed by atoms with van der Waals surface area (Å²) < 4.78 is 5.26. The third kappa shape index (κ3) is 3.01. The first kappa shape index (κ1) is 12.0. The molecule has 0 aliphatic rings. The number of carbonyl (C=O) groups is 1. The molecule has 0 radical (unpaired) electrons. The third-order valence-electron chi connectivity index (χ3n) is 2.05. The van der Waals surface area contributed by atoms with Crippen LogP contribution in [0.3, 0.4) is 0 Å². The highest BCUT2D eigenvalue weighted by Gasteiger charge is 2.15. The highest BCUT2D eigenvalue weighted by molar-refractivity contribution is 7.09. The van der Waals surface area contributed by atoms with Crippen molar-refractivity contribution in [3.8, 4) is 0 Å². The first-order valence-electron chi connectivity index (χ1n) is 4.89. The number of esters is 1. The van der Waals surface area contributed by atoms with Gasteiger partial charge in [-0.15, -0.1) is 11.3 Å². The Bertz CT molecular complexity index is 516. The van der Waals surface area contributed by atoms with E-state index in [1.807, 2.05) is 5.38 Å². The summed E-state index contributed by atoms with van der Waals surface area (Å²) in [6, 6.07) is 3.03. The fraction of sp³-hybridized carbons (Fsp3) is 0.182. The molecule has 0 amide bonds. The fourth-order valence-corrected chi connectivity index (χ4v) is 2.04. The maximum atomic E-state index is 11.8. The predicted molar refractivity (Wildman–Crippen MR) is 65.2 cm³/mol. The molecule has 0 aromatic carbocycles. The monoisotopic (exact) mass is 268 g/mol. The van der Waals surface area contributed by atoms with Gasteiger partial charge in [-0.2, -0.15) is 0 Å². The molecule has 0 saturated heterocycles. The molecule has 6 heteroatoms. The number of carbonyl (C=O) groups excluding carboxylic acids is 1. The first-order valence-corrected chi connectivity index (χ1v) is 6.14. The van der Waals surface area contributed by atoms with Crippen molar-refractivity contribution in [1.29, 1.82) is 0 Å². The molecule has 0 spiro atoms. The molecule has 2 aromatic rings. The Balaban J connectivity index is 2.07. The molecule has 1 atom stereocenters. The van der Waals surface area contributed by atoms with Crippen LogP contribution in [-0.4, -0.2) is 15.9 Å². The Morgan fingerprint density at radius 1 is 1.47 bits per heavy atom. The number of rotatable bonds is 3. The Morgan fingerprint density at radius 3 is 2.94 bits per heavy atom. The van der Waals surface area contributed by atoms with E-state index >= 15 is 0 Å². The van der Waals surface area contributed by atoms with Gasteiger partial charge in [0.15, 0.2) is 6.10 Å². The second kappa shape index (κ2) is 5.25. The number of hydrogen-bond donors (Lipinski definition) is 0. The summed E-state index contributed by atoms with van der Waals surface area (Å²) in [5.41, 5.74) is 0.383. The van der Waals surface area contributed by atoms with Crippen LogP contribution < -0.4 is 0 Å². The molecule has 0 saturated carbocycles. The number of hydrogen-bond acceptors (Lipinski definition) is 5. The van der Waals surface area contributed by atoms with E-state index in [4.69, 9.17) is 16.3 Å². The number of ether oxygens (including phenoxy) is 1. The summed E-state index contributed by atoms with van der Waals surface area (Å²) in [5, 5.41) is 2.86. The first-order chi connectivity index (χ1) is 8.16. The Kier molecular flexibility index (Phi) is 3.71. The average Bonchev–Trinajstić information content (AvgIpc) is 2.82. The standard InChI is InChI=1S/C11H9ClN2O2S/c1-7(10-14-4-5-17-10)16-11(15)8-2-3-13-9(12)6-8/h2-7H,1H3/t7-/m1/s1. The maximum Gasteiger partial charge on any atom is 0.338 e. The minimum absolute atomic E-state index is 0.265. The van der Waals surface area contributed by atoms with E-state index in [-0.39, 0.29) is 11.3 Å². The normalized spacial score (nSPS) is 12.1. The van der Waals surface area contributed by atoms with Gasteiger partial charge in [0.1, 0.15) is 10.2 Å². The molecule has 0 aliphatic carbocycles. The van der Waals surface area contributed by atoms with Crippen molar-refractivity contribution in [3.63, 3.8) is 0 Å². The van der Waals surface area contributed by atoms with Crippen molar-refractivity contribution < 1.29 is 9.53 Å². The lowest BCUT2D eigenvalue weighted by Crippen LogP contribution is -2.09. The quantitative estimate of drug-likeness (QED) is 0.634. The minimum Gasteiger partial charge on any atom is -0.452 e. The second-order valence-electron chi connectivity index (χ2n) is 3.29. The molecule has 2 rings (SSSR count). The molecule has 0 N–H and O–H groups in total. The van der Waals surface area contributed by atoms with Crippen LogP contribution in [0.1, 0.15) is 28.4 Å². The van der Waals surface area contributed by atoms with E-state index in [0.717, 1.165) is 5.01 Å². The summed E-state index contributed by atoms with van der Waals surface area (Å²) in [6.45, 7) is 1.78. The Morgan fingerprint density at radius 2 is 2.29 bits per heavy atom. The number of aromatic nitrogens is 2. The third-order valence-corrected chi connectivity index (χ3v) is 3.19. The van der Waals surface area contributed by atoms with Crippen molar-refractivity contribution >= 4 is 28.9 Å². The zero-order valence-corrected chi connectivity index (χ0v) is 10.5. The lowest BCUT2D eigenvalue weighted by molar-refractivity contribution is 0.0337. The summed E-state index contributed by atoms with van der Waals surface area (Å²) in [5.74, 6) is -0.433. The van der Waals surface area contributed by atoms with E-state index in [1.54, 1.807) is 19.2 Å². The van der Waals surface area contributed by atoms with E-state index in [0.29, 0.717) is 5.56 Å². The molecular formula is C11H9ClN2O2S. The fourth-order valence-electron chi connectivity index (χ4n) is 1.24. The van der Waals surface area contributed by atoms with Crippen molar-refractivity contribution in [2.75, 3.05) is 0 Å². The van der Waals surface area contributed by atoms with Gasteiger partial charge in [0.2, 0.25) is 0 Å². The average molecular weight is 269 g/mol. The molecule has 0 unspecified atom stereocenters. The molecule has 4 nitrogen and oxygen atoms in total. The van der Waals surface area contributed by atoms with Crippen LogP contribution >= 0.6 is 22.9 Å². The number of thiazole rings is 1. The van der Waals surface area contributed by atoms with E-state index in [1.165, 1.54) is 23.6 Å². The predicted octanol–water partition coefficient (Wildman–Crippen LogP) is 3.11. The van der Waals surface area contributed by atoms with Gasteiger partial charge >= 0.3 is 5.97 Å². The SMILES string of the molecule is C[C@@H](OC(=O)c1ccnc(Cl)c1)c1nccs1. The molecule has 0 aliphatic heterocycles. The highest BCUT2D eigenvalue weighted by Crippen LogP contribution is 2.20. The summed E-state index contributed by atoms with van der Waals surface area (Å²) in [4.78, 5) is 19.7. The topological polar surface area (TPSA) is 52.1 Å². The Labute approximate surface area is 107 Å². The molecular weight excluding hydrogens is 260 g/mol. The van der Waals surface area contributed by atoms with Crippen LogP contribution in [0.5, 0.6) is 0 Å². The van der Waals surface area contributed by atoms with E-state index in [2.05, 4.69) is 9.97 Å². The molecule has 0 fully saturated rings. The summed E-state index contributed by atoms with van der Waals surface area (Å²) >= 11 is 7.14. The highest BCUT2D eigenvalue weighted by atomic mass is 35.5. The molecule has 2 aromatic heterocycles. The van der Waals surface area contributed by atoms with Crippen LogP contribution in [0.25, 0.3) is 0 Å². The molecule has 17 heavy (non-hydrogen) atoms. The molecule has 2 heterocycles. The second-order valence-corrected chi connectivity index (χ2v) is 4.60. The van der Waals surface area contributed by atoms with Gasteiger partial charge in [-0.05, 0) is 19.1 Å². The lowest BCUT2D eigenvalue weighted by Gasteiger charge is -2.10. The van der Waals surface area contributed by atoms with Gasteiger partial charge < -0.3 is 4.74 Å². The van der Waals surface area contributed by atoms with Crippen LogP contribution in [0.2, 0.25) is 5.15 Å². The molecule has 0 bridgehead atoms. The van der Waals surface area contributed by atoms with Gasteiger partial charge in [0, 0.05) is 17.8 Å². The van der Waals surface area contributed by atoms with Crippen LogP contribution in [0.4, 0.5) is 0 Å². The van der Waals surface area contributed by atoms with Crippen LogP contribution in [0.15, 0.2) is 29.9 Å². The van der Waals surface area contributed by atoms with E-state index in [9.17, 15) is 4.79 Å². The number of halogens is 1. The van der Waals surface area contributed by atoms with Gasteiger partial charge in [0.05, 0.1) is 5.56 Å². The molecule has 88 valence electrons. The van der Waals surface area contributed by atoms with Crippen molar-refractivity contribution in [3.05, 3.63) is 45.6 Å². The van der Waals surface area contributed by atoms with Gasteiger partial charge in [-0.25, -0.2) is 14.8 Å². The van der Waals surface area contributed by atoms with Crippen molar-refractivity contribution in [1.82, 2.24) is 9.97 Å². The number of nitrogens with zero attached hydrogens (tertiary/aromatic N) is 2. The summed E-state index contributed by atoms with van der Waals surface area (Å²) in [6.07, 6.45) is 2.77. The van der Waals surface area contributed by atoms with E-state index < -0.39 is 5.97 Å². The van der Waals surface area contributed by atoms with Gasteiger partial charge in [-0.3, -0.25) is 0 Å². The maximum absolute atomic E-state index is 11.8. The lowest BCUT2D eigenvalue weighted by atomic mass is 10.3. The van der Waals surface area contributed by atoms with Crippen LogP contribution in [-0.2, 0) is 4.74 Å². The summed E-state index contributed by atoms with van der Waals surface area (Å²) in [7, 11) is 0. The van der Waals surface area contributed by atoms with Gasteiger partial charge in [-0.1, -0.05) is 11.6 Å². The largest absolute Gasteiger partial charge is 0.452 e. The minimum atomic E-state index is -0.433. The Hall–Kier alpha value is -1.46. The number of pyridine rings is 1. The smallest absolute Gasteiger partial charge is 0.338 e.